The second kappa shape index (κ2) is 7.23. The maximum atomic E-state index is 5.82. The molecule has 1 aromatic rings. The third-order valence-corrected chi connectivity index (χ3v) is 2.86. The zero-order valence-electron chi connectivity index (χ0n) is 10.4. The van der Waals surface area contributed by atoms with Crippen LogP contribution in [0.4, 0.5) is 5.82 Å². The highest BCUT2D eigenvalue weighted by molar-refractivity contribution is 5.38. The molecular formula is C13H23N3. The van der Waals surface area contributed by atoms with E-state index in [0.717, 1.165) is 19.4 Å². The molecule has 16 heavy (non-hydrogen) atoms. The monoisotopic (exact) mass is 221 g/mol. The van der Waals surface area contributed by atoms with Crippen molar-refractivity contribution >= 4 is 5.82 Å². The van der Waals surface area contributed by atoms with Gasteiger partial charge < -0.3 is 11.1 Å². The summed E-state index contributed by atoms with van der Waals surface area (Å²) in [7, 11) is 0. The SMILES string of the molecule is CCCNC(CC)CCc1cccnc1N. The van der Waals surface area contributed by atoms with Gasteiger partial charge in [-0.1, -0.05) is 19.9 Å². The zero-order chi connectivity index (χ0) is 11.8. The first kappa shape index (κ1) is 13.0. The number of rotatable bonds is 7. The Labute approximate surface area is 98.5 Å². The van der Waals surface area contributed by atoms with E-state index < -0.39 is 0 Å². The first-order chi connectivity index (χ1) is 7.77. The smallest absolute Gasteiger partial charge is 0.126 e. The summed E-state index contributed by atoms with van der Waals surface area (Å²) in [6.07, 6.45) is 6.23. The summed E-state index contributed by atoms with van der Waals surface area (Å²) in [6, 6.07) is 4.61. The number of pyridine rings is 1. The summed E-state index contributed by atoms with van der Waals surface area (Å²) >= 11 is 0. The second-order valence-electron chi connectivity index (χ2n) is 4.15. The Morgan fingerprint density at radius 1 is 1.44 bits per heavy atom. The van der Waals surface area contributed by atoms with E-state index in [1.54, 1.807) is 6.20 Å². The van der Waals surface area contributed by atoms with Crippen LogP contribution < -0.4 is 11.1 Å². The molecule has 0 bridgehead atoms. The molecule has 3 nitrogen and oxygen atoms in total. The third-order valence-electron chi connectivity index (χ3n) is 2.86. The molecule has 1 unspecified atom stereocenters. The van der Waals surface area contributed by atoms with Crippen LogP contribution in [0.2, 0.25) is 0 Å². The highest BCUT2D eigenvalue weighted by Crippen LogP contribution is 2.12. The standard InChI is InChI=1S/C13H23N3/c1-3-9-15-12(4-2)8-7-11-6-5-10-16-13(11)14/h5-6,10,12,15H,3-4,7-9H2,1-2H3,(H2,14,16). The van der Waals surface area contributed by atoms with Gasteiger partial charge in [0.05, 0.1) is 0 Å². The number of aryl methyl sites for hydroxylation is 1. The molecule has 1 aromatic heterocycles. The molecule has 3 N–H and O–H groups in total. The fourth-order valence-corrected chi connectivity index (χ4v) is 1.79. The number of anilines is 1. The first-order valence-corrected chi connectivity index (χ1v) is 6.20. The lowest BCUT2D eigenvalue weighted by Gasteiger charge is -2.16. The molecule has 0 spiro atoms. The fourth-order valence-electron chi connectivity index (χ4n) is 1.79. The largest absolute Gasteiger partial charge is 0.383 e. The molecule has 0 fully saturated rings. The number of hydrogen-bond donors (Lipinski definition) is 2. The van der Waals surface area contributed by atoms with Gasteiger partial charge in [0.25, 0.3) is 0 Å². The second-order valence-corrected chi connectivity index (χ2v) is 4.15. The molecule has 0 saturated carbocycles. The maximum absolute atomic E-state index is 5.82. The number of hydrogen-bond acceptors (Lipinski definition) is 3. The highest BCUT2D eigenvalue weighted by atomic mass is 14.9. The van der Waals surface area contributed by atoms with Crippen molar-refractivity contribution in [3.63, 3.8) is 0 Å². The van der Waals surface area contributed by atoms with Crippen LogP contribution in [0.3, 0.4) is 0 Å². The number of nitrogen functional groups attached to an aromatic ring is 1. The van der Waals surface area contributed by atoms with Crippen molar-refractivity contribution in [3.8, 4) is 0 Å². The van der Waals surface area contributed by atoms with Gasteiger partial charge in [-0.15, -0.1) is 0 Å². The van der Waals surface area contributed by atoms with Crippen LogP contribution in [0.25, 0.3) is 0 Å². The Morgan fingerprint density at radius 3 is 2.88 bits per heavy atom. The lowest BCUT2D eigenvalue weighted by Crippen LogP contribution is -2.29. The zero-order valence-corrected chi connectivity index (χ0v) is 10.4. The van der Waals surface area contributed by atoms with Crippen LogP contribution >= 0.6 is 0 Å². The van der Waals surface area contributed by atoms with E-state index in [0.29, 0.717) is 11.9 Å². The van der Waals surface area contributed by atoms with E-state index in [1.807, 2.05) is 6.07 Å². The lowest BCUT2D eigenvalue weighted by molar-refractivity contribution is 0.468. The predicted molar refractivity (Wildman–Crippen MR) is 69.3 cm³/mol. The van der Waals surface area contributed by atoms with Gasteiger partial charge in [-0.05, 0) is 43.9 Å². The highest BCUT2D eigenvalue weighted by Gasteiger charge is 2.06. The fraction of sp³-hybridized carbons (Fsp3) is 0.615. The minimum Gasteiger partial charge on any atom is -0.383 e. The number of aromatic nitrogens is 1. The van der Waals surface area contributed by atoms with E-state index in [9.17, 15) is 0 Å². The van der Waals surface area contributed by atoms with Gasteiger partial charge in [-0.25, -0.2) is 4.98 Å². The van der Waals surface area contributed by atoms with Gasteiger partial charge in [0.2, 0.25) is 0 Å². The summed E-state index contributed by atoms with van der Waals surface area (Å²) in [5, 5.41) is 3.55. The van der Waals surface area contributed by atoms with Crippen molar-refractivity contribution < 1.29 is 0 Å². The molecule has 0 aromatic carbocycles. The first-order valence-electron chi connectivity index (χ1n) is 6.20. The molecule has 0 saturated heterocycles. The number of nitrogens with two attached hydrogens (primary N) is 1. The van der Waals surface area contributed by atoms with Crippen molar-refractivity contribution in [1.29, 1.82) is 0 Å². The van der Waals surface area contributed by atoms with Crippen LogP contribution in [0.5, 0.6) is 0 Å². The van der Waals surface area contributed by atoms with Gasteiger partial charge in [0.15, 0.2) is 0 Å². The summed E-state index contributed by atoms with van der Waals surface area (Å²) in [5.74, 6) is 0.674. The van der Waals surface area contributed by atoms with Crippen molar-refractivity contribution in [3.05, 3.63) is 23.9 Å². The van der Waals surface area contributed by atoms with Crippen molar-refractivity contribution in [1.82, 2.24) is 10.3 Å². The topological polar surface area (TPSA) is 50.9 Å². The average molecular weight is 221 g/mol. The molecule has 90 valence electrons. The lowest BCUT2D eigenvalue weighted by atomic mass is 10.0. The molecule has 0 aliphatic rings. The van der Waals surface area contributed by atoms with Crippen LogP contribution in [0.1, 0.15) is 38.7 Å². The molecule has 0 radical (unpaired) electrons. The third kappa shape index (κ3) is 4.19. The molecule has 0 aliphatic heterocycles. The van der Waals surface area contributed by atoms with Gasteiger partial charge in [-0.3, -0.25) is 0 Å². The van der Waals surface area contributed by atoms with E-state index in [4.69, 9.17) is 5.73 Å². The number of nitrogens with zero attached hydrogens (tertiary/aromatic N) is 1. The summed E-state index contributed by atoms with van der Waals surface area (Å²) in [5.41, 5.74) is 6.98. The molecule has 3 heteroatoms. The minimum atomic E-state index is 0.597. The molecule has 1 atom stereocenters. The Morgan fingerprint density at radius 2 is 2.25 bits per heavy atom. The molecule has 0 amide bonds. The van der Waals surface area contributed by atoms with E-state index in [1.165, 1.54) is 18.4 Å². The summed E-state index contributed by atoms with van der Waals surface area (Å²) in [6.45, 7) is 5.51. The molecule has 1 heterocycles. The molecular weight excluding hydrogens is 198 g/mol. The predicted octanol–water partition coefficient (Wildman–Crippen LogP) is 2.37. The van der Waals surface area contributed by atoms with Crippen LogP contribution in [0.15, 0.2) is 18.3 Å². The minimum absolute atomic E-state index is 0.597. The van der Waals surface area contributed by atoms with Crippen molar-refractivity contribution in [2.45, 2.75) is 45.6 Å². The van der Waals surface area contributed by atoms with E-state index >= 15 is 0 Å². The summed E-state index contributed by atoms with van der Waals surface area (Å²) < 4.78 is 0. The van der Waals surface area contributed by atoms with Crippen LogP contribution in [-0.4, -0.2) is 17.6 Å². The molecule has 0 aliphatic carbocycles. The Bertz CT molecular complexity index is 299. The van der Waals surface area contributed by atoms with Crippen LogP contribution in [0, 0.1) is 0 Å². The Kier molecular flexibility index (Phi) is 5.86. The van der Waals surface area contributed by atoms with Gasteiger partial charge in [0, 0.05) is 12.2 Å². The van der Waals surface area contributed by atoms with Crippen molar-refractivity contribution in [2.24, 2.45) is 0 Å². The molecule has 1 rings (SSSR count). The van der Waals surface area contributed by atoms with Crippen molar-refractivity contribution in [2.75, 3.05) is 12.3 Å². The maximum Gasteiger partial charge on any atom is 0.126 e. The van der Waals surface area contributed by atoms with Crippen LogP contribution in [-0.2, 0) is 6.42 Å². The average Bonchev–Trinajstić information content (AvgIpc) is 2.31. The van der Waals surface area contributed by atoms with Gasteiger partial charge in [-0.2, -0.15) is 0 Å². The quantitative estimate of drug-likeness (QED) is 0.743. The van der Waals surface area contributed by atoms with Gasteiger partial charge >= 0.3 is 0 Å². The van der Waals surface area contributed by atoms with Gasteiger partial charge in [0.1, 0.15) is 5.82 Å². The normalized spacial score (nSPS) is 12.6. The Balaban J connectivity index is 2.40. The number of nitrogens with one attached hydrogen (secondary N) is 1. The van der Waals surface area contributed by atoms with E-state index in [2.05, 4.69) is 30.2 Å². The van der Waals surface area contributed by atoms with E-state index in [-0.39, 0.29) is 0 Å². The Hall–Kier alpha value is -1.09. The summed E-state index contributed by atoms with van der Waals surface area (Å²) in [4.78, 5) is 4.10.